The Balaban J connectivity index is 2.39. The van der Waals surface area contributed by atoms with Crippen molar-refractivity contribution in [3.05, 3.63) is 59.4 Å². The summed E-state index contributed by atoms with van der Waals surface area (Å²) in [6.45, 7) is 5.87. The SMILES string of the molecule is CCC(C)c1ccccc1Oc1ccc(F)cc1[C@H](C)O. The highest BCUT2D eigenvalue weighted by atomic mass is 19.1. The average Bonchev–Trinajstić information content (AvgIpc) is 2.48. The zero-order valence-corrected chi connectivity index (χ0v) is 12.6. The van der Waals surface area contributed by atoms with Gasteiger partial charge in [-0.3, -0.25) is 0 Å². The number of hydrogen-bond acceptors (Lipinski definition) is 2. The van der Waals surface area contributed by atoms with Crippen molar-refractivity contribution in [1.29, 1.82) is 0 Å². The third-order valence-corrected chi connectivity index (χ3v) is 3.70. The summed E-state index contributed by atoms with van der Waals surface area (Å²) >= 11 is 0. The first-order chi connectivity index (χ1) is 10.0. The van der Waals surface area contributed by atoms with E-state index in [9.17, 15) is 9.50 Å². The Hall–Kier alpha value is -1.87. The van der Waals surface area contributed by atoms with Gasteiger partial charge in [-0.1, -0.05) is 32.0 Å². The first kappa shape index (κ1) is 15.5. The van der Waals surface area contributed by atoms with Crippen LogP contribution in [0.15, 0.2) is 42.5 Å². The van der Waals surface area contributed by atoms with Gasteiger partial charge in [0.05, 0.1) is 6.10 Å². The number of aliphatic hydroxyl groups is 1. The molecule has 1 N–H and O–H groups in total. The number of benzene rings is 2. The maximum atomic E-state index is 13.3. The van der Waals surface area contributed by atoms with E-state index in [0.717, 1.165) is 17.7 Å². The zero-order chi connectivity index (χ0) is 15.4. The summed E-state index contributed by atoms with van der Waals surface area (Å²) in [6.07, 6.45) is 0.221. The lowest BCUT2D eigenvalue weighted by atomic mass is 9.98. The van der Waals surface area contributed by atoms with Crippen LogP contribution in [0, 0.1) is 5.82 Å². The van der Waals surface area contributed by atoms with Crippen molar-refractivity contribution in [1.82, 2.24) is 0 Å². The standard InChI is InChI=1S/C18H21FO2/c1-4-12(2)15-7-5-6-8-17(15)21-18-10-9-14(19)11-16(18)13(3)20/h5-13,20H,4H2,1-3H3/t12?,13-/m0/s1. The average molecular weight is 288 g/mol. The number of rotatable bonds is 5. The Bertz CT molecular complexity index is 608. The fourth-order valence-corrected chi connectivity index (χ4v) is 2.26. The summed E-state index contributed by atoms with van der Waals surface area (Å²) in [5, 5.41) is 9.78. The van der Waals surface area contributed by atoms with Crippen LogP contribution in [-0.2, 0) is 0 Å². The van der Waals surface area contributed by atoms with Gasteiger partial charge in [-0.05, 0) is 49.1 Å². The first-order valence-electron chi connectivity index (χ1n) is 7.27. The third kappa shape index (κ3) is 3.61. The van der Waals surface area contributed by atoms with E-state index in [0.29, 0.717) is 17.2 Å². The topological polar surface area (TPSA) is 29.5 Å². The van der Waals surface area contributed by atoms with Crippen molar-refractivity contribution in [3.63, 3.8) is 0 Å². The van der Waals surface area contributed by atoms with Gasteiger partial charge in [0, 0.05) is 5.56 Å². The van der Waals surface area contributed by atoms with E-state index in [1.54, 1.807) is 13.0 Å². The van der Waals surface area contributed by atoms with E-state index >= 15 is 0 Å². The van der Waals surface area contributed by atoms with Crippen LogP contribution in [0.5, 0.6) is 11.5 Å². The molecule has 21 heavy (non-hydrogen) atoms. The third-order valence-electron chi connectivity index (χ3n) is 3.70. The number of para-hydroxylation sites is 1. The lowest BCUT2D eigenvalue weighted by Crippen LogP contribution is -2.00. The minimum atomic E-state index is -0.786. The molecule has 0 bridgehead atoms. The summed E-state index contributed by atoms with van der Waals surface area (Å²) in [4.78, 5) is 0. The number of hydrogen-bond donors (Lipinski definition) is 1. The predicted octanol–water partition coefficient (Wildman–Crippen LogP) is 5.18. The van der Waals surface area contributed by atoms with Crippen molar-refractivity contribution >= 4 is 0 Å². The molecular weight excluding hydrogens is 267 g/mol. The molecule has 2 rings (SSSR count). The van der Waals surface area contributed by atoms with Crippen LogP contribution in [0.2, 0.25) is 0 Å². The van der Waals surface area contributed by atoms with Gasteiger partial charge in [-0.25, -0.2) is 4.39 Å². The molecule has 2 aromatic rings. The molecule has 2 atom stereocenters. The van der Waals surface area contributed by atoms with Crippen molar-refractivity contribution < 1.29 is 14.2 Å². The Kier molecular flexibility index (Phi) is 4.97. The maximum absolute atomic E-state index is 13.3. The van der Waals surface area contributed by atoms with Crippen molar-refractivity contribution in [3.8, 4) is 11.5 Å². The summed E-state index contributed by atoms with van der Waals surface area (Å²) in [6, 6.07) is 12.0. The van der Waals surface area contributed by atoms with Gasteiger partial charge in [-0.15, -0.1) is 0 Å². The lowest BCUT2D eigenvalue weighted by Gasteiger charge is -2.18. The molecule has 2 nitrogen and oxygen atoms in total. The van der Waals surface area contributed by atoms with Gasteiger partial charge < -0.3 is 9.84 Å². The summed E-state index contributed by atoms with van der Waals surface area (Å²) in [7, 11) is 0. The number of aliphatic hydroxyl groups excluding tert-OH is 1. The summed E-state index contributed by atoms with van der Waals surface area (Å²) < 4.78 is 19.3. The number of halogens is 1. The highest BCUT2D eigenvalue weighted by Crippen LogP contribution is 2.35. The van der Waals surface area contributed by atoms with Crippen LogP contribution < -0.4 is 4.74 Å². The largest absolute Gasteiger partial charge is 0.457 e. The molecule has 3 heteroatoms. The van der Waals surface area contributed by atoms with Crippen LogP contribution in [-0.4, -0.2) is 5.11 Å². The molecule has 0 aliphatic heterocycles. The molecule has 0 heterocycles. The van der Waals surface area contributed by atoms with Crippen LogP contribution in [0.4, 0.5) is 4.39 Å². The fraction of sp³-hybridized carbons (Fsp3) is 0.333. The first-order valence-corrected chi connectivity index (χ1v) is 7.27. The second kappa shape index (κ2) is 6.72. The second-order valence-corrected chi connectivity index (χ2v) is 5.31. The minimum absolute atomic E-state index is 0.372. The second-order valence-electron chi connectivity index (χ2n) is 5.31. The van der Waals surface area contributed by atoms with Crippen molar-refractivity contribution in [2.75, 3.05) is 0 Å². The summed E-state index contributed by atoms with van der Waals surface area (Å²) in [5.74, 6) is 1.23. The van der Waals surface area contributed by atoms with Gasteiger partial charge >= 0.3 is 0 Å². The molecule has 0 aliphatic rings. The lowest BCUT2D eigenvalue weighted by molar-refractivity contribution is 0.195. The van der Waals surface area contributed by atoms with Crippen LogP contribution in [0.25, 0.3) is 0 Å². The fourth-order valence-electron chi connectivity index (χ4n) is 2.26. The maximum Gasteiger partial charge on any atom is 0.133 e. The smallest absolute Gasteiger partial charge is 0.133 e. The van der Waals surface area contributed by atoms with Crippen LogP contribution in [0.3, 0.4) is 0 Å². The van der Waals surface area contributed by atoms with Crippen LogP contribution in [0.1, 0.15) is 50.3 Å². The van der Waals surface area contributed by atoms with Gasteiger partial charge in [0.2, 0.25) is 0 Å². The summed E-state index contributed by atoms with van der Waals surface area (Å²) in [5.41, 5.74) is 1.56. The van der Waals surface area contributed by atoms with E-state index in [4.69, 9.17) is 4.74 Å². The van der Waals surface area contributed by atoms with E-state index in [1.807, 2.05) is 24.3 Å². The molecule has 0 saturated carbocycles. The molecule has 2 aromatic carbocycles. The van der Waals surface area contributed by atoms with E-state index in [1.165, 1.54) is 12.1 Å². The molecule has 0 spiro atoms. The highest BCUT2D eigenvalue weighted by molar-refractivity contribution is 5.43. The Labute approximate surface area is 125 Å². The molecule has 0 amide bonds. The van der Waals surface area contributed by atoms with Gasteiger partial charge in [0.15, 0.2) is 0 Å². The predicted molar refractivity (Wildman–Crippen MR) is 82.3 cm³/mol. The highest BCUT2D eigenvalue weighted by Gasteiger charge is 2.15. The molecule has 0 saturated heterocycles. The minimum Gasteiger partial charge on any atom is -0.457 e. The zero-order valence-electron chi connectivity index (χ0n) is 12.6. The number of ether oxygens (including phenoxy) is 1. The molecule has 0 aromatic heterocycles. The normalized spacial score (nSPS) is 13.8. The molecule has 0 fully saturated rings. The van der Waals surface area contributed by atoms with E-state index in [-0.39, 0.29) is 5.82 Å². The van der Waals surface area contributed by atoms with Gasteiger partial charge in [0.1, 0.15) is 17.3 Å². The molecule has 112 valence electrons. The quantitative estimate of drug-likeness (QED) is 0.821. The monoisotopic (exact) mass is 288 g/mol. The molecule has 0 aliphatic carbocycles. The van der Waals surface area contributed by atoms with Crippen LogP contribution >= 0.6 is 0 Å². The molecule has 0 radical (unpaired) electrons. The van der Waals surface area contributed by atoms with E-state index < -0.39 is 6.10 Å². The Morgan fingerprint density at radius 1 is 1.05 bits per heavy atom. The van der Waals surface area contributed by atoms with E-state index in [2.05, 4.69) is 13.8 Å². The molecule has 1 unspecified atom stereocenters. The molecular formula is C18H21FO2. The Morgan fingerprint density at radius 2 is 1.71 bits per heavy atom. The van der Waals surface area contributed by atoms with Gasteiger partial charge in [-0.2, -0.15) is 0 Å². The van der Waals surface area contributed by atoms with Gasteiger partial charge in [0.25, 0.3) is 0 Å². The van der Waals surface area contributed by atoms with Crippen molar-refractivity contribution in [2.24, 2.45) is 0 Å². The Morgan fingerprint density at radius 3 is 2.38 bits per heavy atom. The van der Waals surface area contributed by atoms with Crippen molar-refractivity contribution in [2.45, 2.75) is 39.2 Å².